The average molecular weight is 249 g/mol. The zero-order valence-electron chi connectivity index (χ0n) is 9.41. The molecule has 0 amide bonds. The van der Waals surface area contributed by atoms with Crippen LogP contribution in [0.2, 0.25) is 0 Å². The Morgan fingerprint density at radius 1 is 1.53 bits per heavy atom. The van der Waals surface area contributed by atoms with Crippen molar-refractivity contribution in [1.82, 2.24) is 14.8 Å². The highest BCUT2D eigenvalue weighted by Crippen LogP contribution is 2.29. The molecule has 2 aromatic heterocycles. The van der Waals surface area contributed by atoms with Crippen LogP contribution in [0.3, 0.4) is 0 Å². The molecule has 0 fully saturated rings. The molecule has 88 valence electrons. The third kappa shape index (κ3) is 2.47. The van der Waals surface area contributed by atoms with Crippen molar-refractivity contribution in [3.8, 4) is 0 Å². The van der Waals surface area contributed by atoms with Gasteiger partial charge in [-0.1, -0.05) is 11.8 Å². The fraction of sp³-hybridized carbons (Fsp3) is 0.182. The molecule has 0 saturated carbocycles. The summed E-state index contributed by atoms with van der Waals surface area (Å²) in [7, 11) is 1.83. The van der Waals surface area contributed by atoms with E-state index in [2.05, 4.69) is 10.1 Å². The molecule has 2 heterocycles. The van der Waals surface area contributed by atoms with Crippen molar-refractivity contribution in [1.29, 1.82) is 0 Å². The predicted octanol–water partition coefficient (Wildman–Crippen LogP) is 1.97. The Kier molecular flexibility index (Phi) is 3.14. The third-order valence-electron chi connectivity index (χ3n) is 2.19. The second-order valence-corrected chi connectivity index (χ2v) is 4.59. The minimum atomic E-state index is -0.973. The Morgan fingerprint density at radius 2 is 2.29 bits per heavy atom. The molecule has 2 rings (SSSR count). The summed E-state index contributed by atoms with van der Waals surface area (Å²) in [5.41, 5.74) is 1.11. The lowest BCUT2D eigenvalue weighted by molar-refractivity contribution is 0.0692. The van der Waals surface area contributed by atoms with Gasteiger partial charge < -0.3 is 5.11 Å². The van der Waals surface area contributed by atoms with Crippen LogP contribution in [0.5, 0.6) is 0 Å². The smallest absolute Gasteiger partial charge is 0.338 e. The van der Waals surface area contributed by atoms with Crippen molar-refractivity contribution in [2.45, 2.75) is 16.8 Å². The van der Waals surface area contributed by atoms with Crippen LogP contribution in [0.1, 0.15) is 16.1 Å². The molecule has 2 aromatic rings. The fourth-order valence-electron chi connectivity index (χ4n) is 1.43. The molecule has 0 unspecified atom stereocenters. The Hall–Kier alpha value is -1.82. The highest BCUT2D eigenvalue weighted by molar-refractivity contribution is 7.99. The number of hydrogen-bond acceptors (Lipinski definition) is 4. The van der Waals surface area contributed by atoms with Crippen LogP contribution in [0.15, 0.2) is 34.4 Å². The molecule has 0 saturated heterocycles. The van der Waals surface area contributed by atoms with Gasteiger partial charge in [-0.15, -0.1) is 0 Å². The number of aromatic nitrogens is 3. The van der Waals surface area contributed by atoms with E-state index in [4.69, 9.17) is 5.11 Å². The molecule has 0 aliphatic rings. The highest BCUT2D eigenvalue weighted by atomic mass is 32.2. The van der Waals surface area contributed by atoms with Gasteiger partial charge in [0.1, 0.15) is 0 Å². The third-order valence-corrected chi connectivity index (χ3v) is 3.35. The maximum absolute atomic E-state index is 11.0. The molecule has 17 heavy (non-hydrogen) atoms. The lowest BCUT2D eigenvalue weighted by atomic mass is 10.3. The van der Waals surface area contributed by atoms with Crippen molar-refractivity contribution >= 4 is 17.7 Å². The van der Waals surface area contributed by atoms with Crippen molar-refractivity contribution in [2.75, 3.05) is 0 Å². The molecule has 1 N–H and O–H groups in total. The summed E-state index contributed by atoms with van der Waals surface area (Å²) in [6.45, 7) is 1.90. The van der Waals surface area contributed by atoms with Crippen LogP contribution in [-0.4, -0.2) is 25.8 Å². The molecule has 5 nitrogen and oxygen atoms in total. The second-order valence-electron chi connectivity index (χ2n) is 3.53. The van der Waals surface area contributed by atoms with Gasteiger partial charge in [0.15, 0.2) is 0 Å². The van der Waals surface area contributed by atoms with Gasteiger partial charge in [-0.3, -0.25) is 9.67 Å². The second kappa shape index (κ2) is 4.58. The van der Waals surface area contributed by atoms with E-state index < -0.39 is 5.97 Å². The predicted molar refractivity (Wildman–Crippen MR) is 63.3 cm³/mol. The fourth-order valence-corrected chi connectivity index (χ4v) is 2.43. The summed E-state index contributed by atoms with van der Waals surface area (Å²) >= 11 is 1.37. The number of rotatable bonds is 3. The Labute approximate surface area is 102 Å². The maximum atomic E-state index is 11.0. The van der Waals surface area contributed by atoms with Gasteiger partial charge >= 0.3 is 5.97 Å². The number of carboxylic acid groups (broad SMARTS) is 1. The molecule has 0 bridgehead atoms. The Morgan fingerprint density at radius 3 is 2.88 bits per heavy atom. The monoisotopic (exact) mass is 249 g/mol. The van der Waals surface area contributed by atoms with E-state index in [0.717, 1.165) is 10.7 Å². The maximum Gasteiger partial charge on any atom is 0.338 e. The first-order valence-corrected chi connectivity index (χ1v) is 5.75. The lowest BCUT2D eigenvalue weighted by Crippen LogP contribution is -2.00. The molecule has 0 radical (unpaired) electrons. The number of nitrogens with zero attached hydrogens (tertiary/aromatic N) is 3. The summed E-state index contributed by atoms with van der Waals surface area (Å²) in [6.07, 6.45) is 2.94. The van der Waals surface area contributed by atoms with Gasteiger partial charge in [-0.05, 0) is 19.1 Å². The number of aromatic carboxylic acids is 1. The molecule has 0 aliphatic carbocycles. The molecular weight excluding hydrogens is 238 g/mol. The van der Waals surface area contributed by atoms with Crippen LogP contribution < -0.4 is 0 Å². The van der Waals surface area contributed by atoms with Crippen LogP contribution in [0.25, 0.3) is 0 Å². The minimum absolute atomic E-state index is 0.205. The zero-order chi connectivity index (χ0) is 12.4. The van der Waals surface area contributed by atoms with Crippen molar-refractivity contribution in [3.63, 3.8) is 0 Å². The van der Waals surface area contributed by atoms with Gasteiger partial charge in [-0.25, -0.2) is 4.79 Å². The topological polar surface area (TPSA) is 68.0 Å². The average Bonchev–Trinajstić information content (AvgIpc) is 2.58. The van der Waals surface area contributed by atoms with E-state index in [1.807, 2.05) is 20.0 Å². The van der Waals surface area contributed by atoms with E-state index in [9.17, 15) is 4.79 Å². The first kappa shape index (κ1) is 11.7. The van der Waals surface area contributed by atoms with Crippen molar-refractivity contribution in [3.05, 3.63) is 35.8 Å². The minimum Gasteiger partial charge on any atom is -0.478 e. The normalized spacial score (nSPS) is 10.5. The highest BCUT2D eigenvalue weighted by Gasteiger charge is 2.12. The van der Waals surface area contributed by atoms with Gasteiger partial charge in [0.25, 0.3) is 0 Å². The van der Waals surface area contributed by atoms with Crippen LogP contribution in [-0.2, 0) is 7.05 Å². The summed E-state index contributed by atoms with van der Waals surface area (Å²) < 4.78 is 1.73. The van der Waals surface area contributed by atoms with Crippen molar-refractivity contribution in [2.24, 2.45) is 7.05 Å². The van der Waals surface area contributed by atoms with Crippen LogP contribution in [0, 0.1) is 6.92 Å². The summed E-state index contributed by atoms with van der Waals surface area (Å²) in [5, 5.41) is 14.2. The molecule has 0 aliphatic heterocycles. The number of hydrogen-bond donors (Lipinski definition) is 1. The quantitative estimate of drug-likeness (QED) is 0.900. The number of carboxylic acids is 1. The zero-order valence-corrected chi connectivity index (χ0v) is 10.2. The first-order valence-electron chi connectivity index (χ1n) is 4.93. The summed E-state index contributed by atoms with van der Waals surface area (Å²) in [4.78, 5) is 15.5. The van der Waals surface area contributed by atoms with E-state index in [-0.39, 0.29) is 5.56 Å². The molecule has 0 atom stereocenters. The van der Waals surface area contributed by atoms with E-state index in [0.29, 0.717) is 4.90 Å². The Balaban J connectivity index is 2.36. The number of pyridine rings is 1. The number of carbonyl (C=O) groups is 1. The SMILES string of the molecule is Cc1cc(Sc2ccncc2C(=O)O)n(C)n1. The lowest BCUT2D eigenvalue weighted by Gasteiger charge is -2.04. The largest absolute Gasteiger partial charge is 0.478 e. The molecule has 6 heteroatoms. The summed E-state index contributed by atoms with van der Waals surface area (Å²) in [5.74, 6) is -0.973. The number of aryl methyl sites for hydroxylation is 2. The molecular formula is C11H11N3O2S. The van der Waals surface area contributed by atoms with Gasteiger partial charge in [-0.2, -0.15) is 5.10 Å². The van der Waals surface area contributed by atoms with Gasteiger partial charge in [0, 0.05) is 24.3 Å². The van der Waals surface area contributed by atoms with E-state index in [1.54, 1.807) is 16.9 Å². The molecule has 0 aromatic carbocycles. The van der Waals surface area contributed by atoms with Crippen LogP contribution in [0.4, 0.5) is 0 Å². The Bertz CT molecular complexity index is 566. The van der Waals surface area contributed by atoms with Gasteiger partial charge in [0.2, 0.25) is 0 Å². The van der Waals surface area contributed by atoms with E-state index >= 15 is 0 Å². The molecule has 0 spiro atoms. The first-order chi connectivity index (χ1) is 8.08. The standard InChI is InChI=1S/C11H11N3O2S/c1-7-5-10(14(2)13-7)17-9-3-4-12-6-8(9)11(15)16/h3-6H,1-2H3,(H,15,16). The van der Waals surface area contributed by atoms with Crippen LogP contribution >= 0.6 is 11.8 Å². The van der Waals surface area contributed by atoms with Crippen molar-refractivity contribution < 1.29 is 9.90 Å². The summed E-state index contributed by atoms with van der Waals surface area (Å²) in [6, 6.07) is 3.60. The van der Waals surface area contributed by atoms with Gasteiger partial charge in [0.05, 0.1) is 16.3 Å². The van der Waals surface area contributed by atoms with E-state index in [1.165, 1.54) is 18.0 Å².